The van der Waals surface area contributed by atoms with E-state index in [1.54, 1.807) is 4.90 Å². The van der Waals surface area contributed by atoms with E-state index in [0.29, 0.717) is 45.2 Å². The Morgan fingerprint density at radius 2 is 1.81 bits per heavy atom. The van der Waals surface area contributed by atoms with Crippen LogP contribution in [-0.4, -0.2) is 55.7 Å². The Bertz CT molecular complexity index is 723. The standard InChI is InChI=1S/C25H43NO5Si/c1-9-12-19-22(31-32(6,7)8)18(2)17-21(28)25(19)14-11-16-26(15-10-13-20(25)27)23(29)30-24(3,4)5/h9,18-19,22H,1,10-17H2,2-8H3/t18-,19+,22-,25-/m0/s1. The number of rotatable bonds is 4. The smallest absolute Gasteiger partial charge is 0.410 e. The van der Waals surface area contributed by atoms with E-state index < -0.39 is 19.3 Å². The van der Waals surface area contributed by atoms with Crippen LogP contribution in [0.1, 0.15) is 66.2 Å². The zero-order chi connectivity index (χ0) is 24.3. The number of allylic oxidation sites excluding steroid dienone is 1. The van der Waals surface area contributed by atoms with Gasteiger partial charge in [0.25, 0.3) is 0 Å². The lowest BCUT2D eigenvalue weighted by Crippen LogP contribution is -2.58. The van der Waals surface area contributed by atoms with Gasteiger partial charge in [0.2, 0.25) is 0 Å². The predicted octanol–water partition coefficient (Wildman–Crippen LogP) is 5.37. The highest BCUT2D eigenvalue weighted by Crippen LogP contribution is 2.50. The molecular formula is C25H43NO5Si. The van der Waals surface area contributed by atoms with Crippen LogP contribution >= 0.6 is 0 Å². The molecule has 6 nitrogen and oxygen atoms in total. The molecule has 1 spiro atoms. The van der Waals surface area contributed by atoms with Gasteiger partial charge >= 0.3 is 6.09 Å². The molecule has 2 rings (SSSR count). The van der Waals surface area contributed by atoms with E-state index in [1.807, 2.05) is 26.8 Å². The summed E-state index contributed by atoms with van der Waals surface area (Å²) in [6, 6.07) is 0. The lowest BCUT2D eigenvalue weighted by atomic mass is 9.56. The van der Waals surface area contributed by atoms with Gasteiger partial charge in [-0.25, -0.2) is 4.79 Å². The number of carbonyl (C=O) groups is 3. The van der Waals surface area contributed by atoms with Crippen molar-refractivity contribution in [3.8, 4) is 0 Å². The summed E-state index contributed by atoms with van der Waals surface area (Å²) in [5.41, 5.74) is -1.62. The average Bonchev–Trinajstić information content (AvgIpc) is 2.71. The molecule has 4 atom stereocenters. The van der Waals surface area contributed by atoms with Gasteiger partial charge in [-0.2, -0.15) is 0 Å². The summed E-state index contributed by atoms with van der Waals surface area (Å²) < 4.78 is 12.2. The second-order valence-corrected chi connectivity index (χ2v) is 16.0. The van der Waals surface area contributed by atoms with Gasteiger partial charge in [0, 0.05) is 31.8 Å². The van der Waals surface area contributed by atoms with E-state index >= 15 is 0 Å². The number of carbonyl (C=O) groups excluding carboxylic acids is 3. The quantitative estimate of drug-likeness (QED) is 0.317. The number of nitrogens with zero attached hydrogens (tertiary/aromatic N) is 1. The Morgan fingerprint density at radius 3 is 2.38 bits per heavy atom. The molecule has 0 aromatic rings. The van der Waals surface area contributed by atoms with Crippen molar-refractivity contribution in [1.29, 1.82) is 0 Å². The number of Topliss-reactive ketones (excluding diaryl/α,β-unsaturated/α-hetero) is 2. The van der Waals surface area contributed by atoms with Gasteiger partial charge in [0.05, 0.1) is 11.5 Å². The Labute approximate surface area is 195 Å². The number of ketones is 2. The first kappa shape index (κ1) is 26.8. The summed E-state index contributed by atoms with van der Waals surface area (Å²) in [5, 5.41) is 0. The molecule has 0 unspecified atom stereocenters. The number of amides is 1. The lowest BCUT2D eigenvalue weighted by Gasteiger charge is -2.50. The molecule has 182 valence electrons. The fraction of sp³-hybridized carbons (Fsp3) is 0.800. The maximum Gasteiger partial charge on any atom is 0.410 e. The normalized spacial score (nSPS) is 30.5. The van der Waals surface area contributed by atoms with Crippen molar-refractivity contribution in [1.82, 2.24) is 4.90 Å². The zero-order valence-electron chi connectivity index (χ0n) is 21.2. The summed E-state index contributed by atoms with van der Waals surface area (Å²) in [6.45, 7) is 18.9. The minimum absolute atomic E-state index is 0.0106. The molecule has 7 heteroatoms. The van der Waals surface area contributed by atoms with Crippen LogP contribution in [0.2, 0.25) is 19.6 Å². The van der Waals surface area contributed by atoms with Crippen molar-refractivity contribution < 1.29 is 23.5 Å². The Balaban J connectivity index is 2.36. The van der Waals surface area contributed by atoms with Crippen LogP contribution in [0.25, 0.3) is 0 Å². The first-order valence-corrected chi connectivity index (χ1v) is 15.5. The fourth-order valence-corrected chi connectivity index (χ4v) is 6.46. The molecule has 1 amide bonds. The molecule has 0 aromatic carbocycles. The summed E-state index contributed by atoms with van der Waals surface area (Å²) >= 11 is 0. The summed E-state index contributed by atoms with van der Waals surface area (Å²) in [5.74, 6) is -0.0773. The van der Waals surface area contributed by atoms with Gasteiger partial charge in [-0.3, -0.25) is 9.59 Å². The molecule has 32 heavy (non-hydrogen) atoms. The van der Waals surface area contributed by atoms with Crippen LogP contribution in [0.5, 0.6) is 0 Å². The summed E-state index contributed by atoms with van der Waals surface area (Å²) in [4.78, 5) is 41.6. The molecule has 2 fully saturated rings. The van der Waals surface area contributed by atoms with Crippen LogP contribution in [0.4, 0.5) is 4.79 Å². The van der Waals surface area contributed by atoms with Crippen LogP contribution < -0.4 is 0 Å². The number of hydrogen-bond acceptors (Lipinski definition) is 5. The second-order valence-electron chi connectivity index (χ2n) is 11.5. The maximum absolute atomic E-state index is 13.7. The van der Waals surface area contributed by atoms with E-state index in [9.17, 15) is 14.4 Å². The Hall–Kier alpha value is -1.47. The van der Waals surface area contributed by atoms with Crippen LogP contribution in [0.3, 0.4) is 0 Å². The van der Waals surface area contributed by atoms with Crippen LogP contribution in [0, 0.1) is 17.3 Å². The van der Waals surface area contributed by atoms with Gasteiger partial charge in [-0.05, 0) is 72.0 Å². The SMILES string of the molecule is C=CC[C@@H]1[C@@H](O[Si](C)(C)C)[C@@H](C)CC(=O)[C@@]12CCCN(C(=O)OC(C)(C)C)CCCC2=O. The molecule has 0 bridgehead atoms. The molecule has 0 N–H and O–H groups in total. The van der Waals surface area contributed by atoms with Crippen molar-refractivity contribution in [2.24, 2.45) is 17.3 Å². The van der Waals surface area contributed by atoms with Crippen LogP contribution in [0.15, 0.2) is 12.7 Å². The Kier molecular flexibility index (Phi) is 8.54. The molecule has 0 aromatic heterocycles. The monoisotopic (exact) mass is 465 g/mol. The van der Waals surface area contributed by atoms with Crippen molar-refractivity contribution in [2.45, 2.75) is 97.6 Å². The highest BCUT2D eigenvalue weighted by atomic mass is 28.4. The number of ether oxygens (including phenoxy) is 1. The average molecular weight is 466 g/mol. The molecule has 1 saturated heterocycles. The van der Waals surface area contributed by atoms with Crippen molar-refractivity contribution >= 4 is 26.0 Å². The van der Waals surface area contributed by atoms with Gasteiger partial charge in [-0.1, -0.05) is 13.0 Å². The number of hydrogen-bond donors (Lipinski definition) is 0. The molecule has 2 aliphatic rings. The highest BCUT2D eigenvalue weighted by Gasteiger charge is 2.57. The Morgan fingerprint density at radius 1 is 1.19 bits per heavy atom. The van der Waals surface area contributed by atoms with E-state index in [1.165, 1.54) is 0 Å². The predicted molar refractivity (Wildman–Crippen MR) is 129 cm³/mol. The second kappa shape index (κ2) is 10.2. The van der Waals surface area contributed by atoms with E-state index in [0.717, 1.165) is 0 Å². The summed E-state index contributed by atoms with van der Waals surface area (Å²) in [6.07, 6.45) is 4.12. The first-order chi connectivity index (χ1) is 14.7. The topological polar surface area (TPSA) is 72.9 Å². The third kappa shape index (κ3) is 6.31. The van der Waals surface area contributed by atoms with E-state index in [-0.39, 0.29) is 42.0 Å². The van der Waals surface area contributed by atoms with Gasteiger partial charge < -0.3 is 14.1 Å². The molecule has 1 saturated carbocycles. The fourth-order valence-electron chi connectivity index (χ4n) is 5.25. The van der Waals surface area contributed by atoms with E-state index in [2.05, 4.69) is 33.1 Å². The molecule has 1 aliphatic carbocycles. The summed E-state index contributed by atoms with van der Waals surface area (Å²) in [7, 11) is -1.89. The van der Waals surface area contributed by atoms with E-state index in [4.69, 9.17) is 9.16 Å². The van der Waals surface area contributed by atoms with Crippen LogP contribution in [-0.2, 0) is 18.8 Å². The molecular weight excluding hydrogens is 422 g/mol. The largest absolute Gasteiger partial charge is 0.444 e. The third-order valence-corrected chi connectivity index (χ3v) is 7.47. The van der Waals surface area contributed by atoms with Gasteiger partial charge in [0.1, 0.15) is 17.2 Å². The molecule has 1 aliphatic heterocycles. The third-order valence-electron chi connectivity index (χ3n) is 6.49. The van der Waals surface area contributed by atoms with Crippen molar-refractivity contribution in [3.05, 3.63) is 12.7 Å². The zero-order valence-corrected chi connectivity index (χ0v) is 22.2. The maximum atomic E-state index is 13.7. The van der Waals surface area contributed by atoms with Crippen molar-refractivity contribution in [2.75, 3.05) is 13.1 Å². The van der Waals surface area contributed by atoms with Gasteiger partial charge in [-0.15, -0.1) is 6.58 Å². The van der Waals surface area contributed by atoms with Gasteiger partial charge in [0.15, 0.2) is 8.32 Å². The minimum Gasteiger partial charge on any atom is -0.444 e. The van der Waals surface area contributed by atoms with Crippen molar-refractivity contribution in [3.63, 3.8) is 0 Å². The first-order valence-electron chi connectivity index (χ1n) is 12.0. The highest BCUT2D eigenvalue weighted by molar-refractivity contribution is 6.69. The molecule has 1 heterocycles. The minimum atomic E-state index is -1.89. The lowest BCUT2D eigenvalue weighted by molar-refractivity contribution is -0.157. The molecule has 0 radical (unpaired) electrons.